The fourth-order valence-electron chi connectivity index (χ4n) is 1.81. The summed E-state index contributed by atoms with van der Waals surface area (Å²) in [5.74, 6) is -1.75. The van der Waals surface area contributed by atoms with Crippen LogP contribution in [-0.4, -0.2) is 23.7 Å². The Morgan fingerprint density at radius 3 is 2.26 bits per heavy atom. The molecule has 0 fully saturated rings. The van der Waals surface area contributed by atoms with Crippen LogP contribution in [0.1, 0.15) is 37.8 Å². The minimum absolute atomic E-state index is 0.192. The van der Waals surface area contributed by atoms with Crippen molar-refractivity contribution in [1.29, 1.82) is 0 Å². The van der Waals surface area contributed by atoms with Crippen LogP contribution in [0.4, 0.5) is 0 Å². The Morgan fingerprint density at radius 1 is 1.21 bits per heavy atom. The van der Waals surface area contributed by atoms with Crippen LogP contribution in [0.3, 0.4) is 0 Å². The zero-order valence-corrected chi connectivity index (χ0v) is 11.6. The molecule has 0 spiro atoms. The molecule has 1 aromatic rings. The van der Waals surface area contributed by atoms with Gasteiger partial charge in [-0.15, -0.1) is 0 Å². The third-order valence-corrected chi connectivity index (χ3v) is 3.08. The highest BCUT2D eigenvalue weighted by molar-refractivity contribution is 5.75. The zero-order chi connectivity index (χ0) is 14.4. The van der Waals surface area contributed by atoms with Gasteiger partial charge in [-0.05, 0) is 31.4 Å². The SMILES string of the molecule is CCOC(=O)C(C)Cc1ccc(C(C)C(=O)O)cc1. The quantitative estimate of drug-likeness (QED) is 0.802. The molecule has 0 bridgehead atoms. The van der Waals surface area contributed by atoms with Crippen LogP contribution in [0.15, 0.2) is 24.3 Å². The molecule has 0 aromatic heterocycles. The Bertz CT molecular complexity index is 436. The van der Waals surface area contributed by atoms with E-state index in [0.717, 1.165) is 11.1 Å². The Balaban J connectivity index is 2.67. The lowest BCUT2D eigenvalue weighted by atomic mass is 9.96. The Hall–Kier alpha value is -1.84. The van der Waals surface area contributed by atoms with Gasteiger partial charge in [-0.1, -0.05) is 31.2 Å². The highest BCUT2D eigenvalue weighted by Crippen LogP contribution is 2.18. The molecule has 0 saturated heterocycles. The summed E-state index contributed by atoms with van der Waals surface area (Å²) in [6.45, 7) is 5.65. The minimum atomic E-state index is -0.840. The second-order valence-electron chi connectivity index (χ2n) is 4.66. The van der Waals surface area contributed by atoms with Crippen LogP contribution < -0.4 is 0 Å². The van der Waals surface area contributed by atoms with Gasteiger partial charge < -0.3 is 9.84 Å². The molecule has 19 heavy (non-hydrogen) atoms. The van der Waals surface area contributed by atoms with Crippen molar-refractivity contribution in [2.75, 3.05) is 6.61 Å². The van der Waals surface area contributed by atoms with Gasteiger partial charge in [0.1, 0.15) is 0 Å². The Morgan fingerprint density at radius 2 is 1.79 bits per heavy atom. The first-order chi connectivity index (χ1) is 8.95. The van der Waals surface area contributed by atoms with Crippen molar-refractivity contribution in [1.82, 2.24) is 0 Å². The predicted octanol–water partition coefficient (Wildman–Crippen LogP) is 2.62. The fraction of sp³-hybridized carbons (Fsp3) is 0.467. The van der Waals surface area contributed by atoms with Gasteiger partial charge in [-0.2, -0.15) is 0 Å². The second-order valence-corrected chi connectivity index (χ2v) is 4.66. The molecule has 0 saturated carbocycles. The smallest absolute Gasteiger partial charge is 0.310 e. The van der Waals surface area contributed by atoms with Gasteiger partial charge in [0.25, 0.3) is 0 Å². The normalized spacial score (nSPS) is 13.6. The fourth-order valence-corrected chi connectivity index (χ4v) is 1.81. The summed E-state index contributed by atoms with van der Waals surface area (Å²) in [4.78, 5) is 22.4. The van der Waals surface area contributed by atoms with Crippen molar-refractivity contribution in [2.24, 2.45) is 5.92 Å². The average Bonchev–Trinajstić information content (AvgIpc) is 2.38. The number of hydrogen-bond acceptors (Lipinski definition) is 3. The van der Waals surface area contributed by atoms with E-state index < -0.39 is 11.9 Å². The van der Waals surface area contributed by atoms with Crippen molar-refractivity contribution >= 4 is 11.9 Å². The number of carbonyl (C=O) groups is 2. The number of carboxylic acids is 1. The number of benzene rings is 1. The summed E-state index contributed by atoms with van der Waals surface area (Å²) in [5.41, 5.74) is 1.77. The number of ether oxygens (including phenoxy) is 1. The maximum atomic E-state index is 11.5. The van der Waals surface area contributed by atoms with E-state index in [-0.39, 0.29) is 11.9 Å². The molecule has 1 rings (SSSR count). The molecule has 0 amide bonds. The highest BCUT2D eigenvalue weighted by Gasteiger charge is 2.16. The van der Waals surface area contributed by atoms with Gasteiger partial charge in [0.15, 0.2) is 0 Å². The lowest BCUT2D eigenvalue weighted by Crippen LogP contribution is -2.17. The minimum Gasteiger partial charge on any atom is -0.481 e. The molecule has 1 N–H and O–H groups in total. The van der Waals surface area contributed by atoms with Gasteiger partial charge in [0.05, 0.1) is 18.4 Å². The molecule has 4 heteroatoms. The summed E-state index contributed by atoms with van der Waals surface area (Å²) in [7, 11) is 0. The van der Waals surface area contributed by atoms with Crippen LogP contribution in [0.25, 0.3) is 0 Å². The van der Waals surface area contributed by atoms with Crippen LogP contribution in [0.5, 0.6) is 0 Å². The molecule has 0 aliphatic carbocycles. The molecular formula is C15H20O4. The van der Waals surface area contributed by atoms with E-state index in [9.17, 15) is 9.59 Å². The lowest BCUT2D eigenvalue weighted by Gasteiger charge is -2.11. The van der Waals surface area contributed by atoms with E-state index >= 15 is 0 Å². The van der Waals surface area contributed by atoms with Crippen LogP contribution in [-0.2, 0) is 20.7 Å². The van der Waals surface area contributed by atoms with Crippen molar-refractivity contribution in [3.8, 4) is 0 Å². The van der Waals surface area contributed by atoms with E-state index in [4.69, 9.17) is 9.84 Å². The van der Waals surface area contributed by atoms with Crippen molar-refractivity contribution in [3.05, 3.63) is 35.4 Å². The van der Waals surface area contributed by atoms with Gasteiger partial charge in [-0.3, -0.25) is 9.59 Å². The standard InChI is InChI=1S/C15H20O4/c1-4-19-15(18)10(2)9-12-5-7-13(8-6-12)11(3)14(16)17/h5-8,10-11H,4,9H2,1-3H3,(H,16,17). The molecule has 4 nitrogen and oxygen atoms in total. The molecule has 2 unspecified atom stereocenters. The number of hydrogen-bond donors (Lipinski definition) is 1. The summed E-state index contributed by atoms with van der Waals surface area (Å²) in [5, 5.41) is 8.92. The Kier molecular flexibility index (Phi) is 5.55. The van der Waals surface area contributed by atoms with Gasteiger partial charge in [0.2, 0.25) is 0 Å². The summed E-state index contributed by atoms with van der Waals surface area (Å²) < 4.78 is 4.95. The largest absolute Gasteiger partial charge is 0.481 e. The number of aliphatic carboxylic acids is 1. The average molecular weight is 264 g/mol. The number of carbonyl (C=O) groups excluding carboxylic acids is 1. The van der Waals surface area contributed by atoms with E-state index in [1.54, 1.807) is 26.0 Å². The summed E-state index contributed by atoms with van der Waals surface area (Å²) in [6, 6.07) is 7.33. The van der Waals surface area contributed by atoms with Crippen LogP contribution in [0.2, 0.25) is 0 Å². The third kappa shape index (κ3) is 4.39. The first kappa shape index (κ1) is 15.2. The monoisotopic (exact) mass is 264 g/mol. The summed E-state index contributed by atoms with van der Waals surface area (Å²) in [6.07, 6.45) is 0.598. The van der Waals surface area contributed by atoms with Gasteiger partial charge >= 0.3 is 11.9 Å². The lowest BCUT2D eigenvalue weighted by molar-refractivity contribution is -0.147. The van der Waals surface area contributed by atoms with Crippen LogP contribution >= 0.6 is 0 Å². The Labute approximate surface area is 113 Å². The molecule has 0 aliphatic heterocycles. The van der Waals surface area contributed by atoms with Crippen LogP contribution in [0, 0.1) is 5.92 Å². The number of rotatable bonds is 6. The zero-order valence-electron chi connectivity index (χ0n) is 11.6. The first-order valence-corrected chi connectivity index (χ1v) is 6.44. The van der Waals surface area contributed by atoms with E-state index in [1.165, 1.54) is 0 Å². The number of esters is 1. The molecule has 0 aliphatic rings. The maximum absolute atomic E-state index is 11.5. The predicted molar refractivity (Wildman–Crippen MR) is 72.0 cm³/mol. The third-order valence-electron chi connectivity index (χ3n) is 3.08. The summed E-state index contributed by atoms with van der Waals surface area (Å²) >= 11 is 0. The van der Waals surface area contributed by atoms with Gasteiger partial charge in [0, 0.05) is 0 Å². The molecule has 104 valence electrons. The van der Waals surface area contributed by atoms with E-state index in [1.807, 2.05) is 19.1 Å². The van der Waals surface area contributed by atoms with Crippen molar-refractivity contribution < 1.29 is 19.4 Å². The molecule has 1 aromatic carbocycles. The first-order valence-electron chi connectivity index (χ1n) is 6.44. The second kappa shape index (κ2) is 6.92. The highest BCUT2D eigenvalue weighted by atomic mass is 16.5. The topological polar surface area (TPSA) is 63.6 Å². The van der Waals surface area contributed by atoms with Crippen molar-refractivity contribution in [2.45, 2.75) is 33.1 Å². The molecular weight excluding hydrogens is 244 g/mol. The number of carboxylic acid groups (broad SMARTS) is 1. The van der Waals surface area contributed by atoms with E-state index in [0.29, 0.717) is 13.0 Å². The maximum Gasteiger partial charge on any atom is 0.310 e. The molecule has 0 heterocycles. The van der Waals surface area contributed by atoms with E-state index in [2.05, 4.69) is 0 Å². The molecule has 2 atom stereocenters. The van der Waals surface area contributed by atoms with Gasteiger partial charge in [-0.25, -0.2) is 0 Å². The van der Waals surface area contributed by atoms with Crippen molar-refractivity contribution in [3.63, 3.8) is 0 Å². The molecule has 0 radical (unpaired) electrons.